The standard InChI is InChI=1S/C15H18N4S2/c1-3-9-20-15(16)19-17-10-13-11(2)18-14(21-13)12-7-5-4-6-8-12/h4-8,10H,3,9H2,1-2H3,(H2,16,19)/b17-10+. The van der Waals surface area contributed by atoms with Gasteiger partial charge in [-0.1, -0.05) is 49.0 Å². The second-order valence-electron chi connectivity index (χ2n) is 4.37. The molecular formula is C15H18N4S2. The molecule has 1 aromatic heterocycles. The number of hydrogen-bond donors (Lipinski definition) is 1. The van der Waals surface area contributed by atoms with Crippen LogP contribution in [-0.2, 0) is 0 Å². The van der Waals surface area contributed by atoms with Crippen molar-refractivity contribution in [3.8, 4) is 10.6 Å². The fraction of sp³-hybridized carbons (Fsp3) is 0.267. The molecule has 0 aliphatic carbocycles. The summed E-state index contributed by atoms with van der Waals surface area (Å²) in [6, 6.07) is 10.1. The van der Waals surface area contributed by atoms with Crippen molar-refractivity contribution < 1.29 is 0 Å². The zero-order valence-electron chi connectivity index (χ0n) is 12.1. The summed E-state index contributed by atoms with van der Waals surface area (Å²) in [5.41, 5.74) is 7.82. The van der Waals surface area contributed by atoms with Crippen LogP contribution in [-0.4, -0.2) is 22.1 Å². The van der Waals surface area contributed by atoms with Gasteiger partial charge in [0.15, 0.2) is 5.17 Å². The summed E-state index contributed by atoms with van der Waals surface area (Å²) in [6.45, 7) is 4.08. The maximum absolute atomic E-state index is 5.75. The van der Waals surface area contributed by atoms with E-state index < -0.39 is 0 Å². The molecule has 0 fully saturated rings. The highest BCUT2D eigenvalue weighted by Gasteiger charge is 2.07. The lowest BCUT2D eigenvalue weighted by molar-refractivity contribution is 1.11. The third-order valence-corrected chi connectivity index (χ3v) is 4.77. The van der Waals surface area contributed by atoms with Crippen molar-refractivity contribution in [1.82, 2.24) is 4.98 Å². The van der Waals surface area contributed by atoms with Gasteiger partial charge in [0.25, 0.3) is 0 Å². The van der Waals surface area contributed by atoms with Crippen LogP contribution >= 0.6 is 23.1 Å². The minimum Gasteiger partial charge on any atom is -0.377 e. The smallest absolute Gasteiger partial charge is 0.180 e. The Morgan fingerprint density at radius 3 is 2.86 bits per heavy atom. The average molecular weight is 318 g/mol. The Morgan fingerprint density at radius 1 is 1.38 bits per heavy atom. The highest BCUT2D eigenvalue weighted by molar-refractivity contribution is 8.13. The molecule has 0 spiro atoms. The van der Waals surface area contributed by atoms with Gasteiger partial charge in [0.05, 0.1) is 16.8 Å². The van der Waals surface area contributed by atoms with Crippen molar-refractivity contribution in [3.63, 3.8) is 0 Å². The maximum Gasteiger partial charge on any atom is 0.180 e. The first-order valence-electron chi connectivity index (χ1n) is 6.73. The normalized spacial score (nSPS) is 12.2. The van der Waals surface area contributed by atoms with Crippen LogP contribution in [0.5, 0.6) is 0 Å². The van der Waals surface area contributed by atoms with E-state index in [1.54, 1.807) is 17.6 Å². The Kier molecular flexibility index (Phi) is 5.95. The molecule has 2 N–H and O–H groups in total. The molecule has 0 amide bonds. The lowest BCUT2D eigenvalue weighted by atomic mass is 10.2. The fourth-order valence-corrected chi connectivity index (χ4v) is 3.06. The number of aryl methyl sites for hydroxylation is 1. The molecule has 21 heavy (non-hydrogen) atoms. The van der Waals surface area contributed by atoms with Crippen LogP contribution in [0.4, 0.5) is 0 Å². The van der Waals surface area contributed by atoms with Gasteiger partial charge < -0.3 is 5.73 Å². The topological polar surface area (TPSA) is 63.6 Å². The Balaban J connectivity index is 2.10. The molecular weight excluding hydrogens is 300 g/mol. The van der Waals surface area contributed by atoms with E-state index in [9.17, 15) is 0 Å². The first-order valence-corrected chi connectivity index (χ1v) is 8.53. The van der Waals surface area contributed by atoms with E-state index in [-0.39, 0.29) is 0 Å². The second-order valence-corrected chi connectivity index (χ2v) is 6.51. The largest absolute Gasteiger partial charge is 0.377 e. The van der Waals surface area contributed by atoms with Gasteiger partial charge in [-0.05, 0) is 13.3 Å². The lowest BCUT2D eigenvalue weighted by Crippen LogP contribution is -2.06. The van der Waals surface area contributed by atoms with Gasteiger partial charge in [0.1, 0.15) is 5.01 Å². The number of thiazole rings is 1. The predicted molar refractivity (Wildman–Crippen MR) is 94.3 cm³/mol. The summed E-state index contributed by atoms with van der Waals surface area (Å²) in [5.74, 6) is 0.961. The van der Waals surface area contributed by atoms with Crippen LogP contribution in [0.2, 0.25) is 0 Å². The number of nitrogens with two attached hydrogens (primary N) is 1. The van der Waals surface area contributed by atoms with E-state index in [0.29, 0.717) is 5.17 Å². The third kappa shape index (κ3) is 4.68. The number of benzene rings is 1. The maximum atomic E-state index is 5.75. The molecule has 2 aromatic rings. The molecule has 1 aromatic carbocycles. The molecule has 1 heterocycles. The summed E-state index contributed by atoms with van der Waals surface area (Å²) in [5, 5.41) is 9.53. The zero-order chi connectivity index (χ0) is 15.1. The molecule has 0 saturated carbocycles. The van der Waals surface area contributed by atoms with E-state index in [2.05, 4.69) is 34.2 Å². The van der Waals surface area contributed by atoms with Gasteiger partial charge in [-0.3, -0.25) is 0 Å². The molecule has 110 valence electrons. The van der Waals surface area contributed by atoms with Gasteiger partial charge in [-0.25, -0.2) is 4.98 Å². The van der Waals surface area contributed by atoms with Crippen LogP contribution in [0.3, 0.4) is 0 Å². The SMILES string of the molecule is CCCS/C(N)=N/N=C/c1sc(-c2ccccc2)nc1C. The zero-order valence-corrected chi connectivity index (χ0v) is 13.7. The molecule has 0 bridgehead atoms. The molecule has 0 aliphatic rings. The third-order valence-electron chi connectivity index (χ3n) is 2.64. The van der Waals surface area contributed by atoms with E-state index in [0.717, 1.165) is 33.3 Å². The summed E-state index contributed by atoms with van der Waals surface area (Å²) >= 11 is 3.12. The van der Waals surface area contributed by atoms with Crippen LogP contribution in [0.25, 0.3) is 10.6 Å². The van der Waals surface area contributed by atoms with Crippen LogP contribution in [0.1, 0.15) is 23.9 Å². The number of aromatic nitrogens is 1. The fourth-order valence-electron chi connectivity index (χ4n) is 1.61. The predicted octanol–water partition coefficient (Wildman–Crippen LogP) is 3.91. The number of hydrogen-bond acceptors (Lipinski definition) is 5. The van der Waals surface area contributed by atoms with Gasteiger partial charge in [0.2, 0.25) is 0 Å². The number of amidine groups is 1. The molecule has 0 saturated heterocycles. The summed E-state index contributed by atoms with van der Waals surface area (Å²) in [7, 11) is 0. The highest BCUT2D eigenvalue weighted by Crippen LogP contribution is 2.26. The van der Waals surface area contributed by atoms with Crippen molar-refractivity contribution in [3.05, 3.63) is 40.9 Å². The van der Waals surface area contributed by atoms with Crippen molar-refractivity contribution in [1.29, 1.82) is 0 Å². The van der Waals surface area contributed by atoms with E-state index in [1.165, 1.54) is 11.8 Å². The summed E-state index contributed by atoms with van der Waals surface area (Å²) in [4.78, 5) is 5.58. The quantitative estimate of drug-likeness (QED) is 0.516. The Labute approximate surface area is 133 Å². The van der Waals surface area contributed by atoms with E-state index >= 15 is 0 Å². The highest BCUT2D eigenvalue weighted by atomic mass is 32.2. The summed E-state index contributed by atoms with van der Waals surface area (Å²) in [6.07, 6.45) is 2.79. The van der Waals surface area contributed by atoms with Gasteiger partial charge in [-0.2, -0.15) is 5.10 Å². The van der Waals surface area contributed by atoms with Crippen molar-refractivity contribution >= 4 is 34.5 Å². The van der Waals surface area contributed by atoms with Crippen LogP contribution < -0.4 is 5.73 Å². The van der Waals surface area contributed by atoms with Crippen LogP contribution in [0, 0.1) is 6.92 Å². The molecule has 0 unspecified atom stereocenters. The minimum absolute atomic E-state index is 0.499. The molecule has 4 nitrogen and oxygen atoms in total. The minimum atomic E-state index is 0.499. The number of thioether (sulfide) groups is 1. The Hall–Kier alpha value is -1.66. The van der Waals surface area contributed by atoms with Gasteiger partial charge >= 0.3 is 0 Å². The average Bonchev–Trinajstić information content (AvgIpc) is 2.87. The second kappa shape index (κ2) is 7.95. The van der Waals surface area contributed by atoms with Crippen molar-refractivity contribution in [2.75, 3.05) is 5.75 Å². The molecule has 0 aliphatic heterocycles. The van der Waals surface area contributed by atoms with Gasteiger partial charge in [0, 0.05) is 11.3 Å². The lowest BCUT2D eigenvalue weighted by Gasteiger charge is -1.94. The molecule has 0 radical (unpaired) electrons. The summed E-state index contributed by atoms with van der Waals surface area (Å²) < 4.78 is 0. The Morgan fingerprint density at radius 2 is 2.14 bits per heavy atom. The first kappa shape index (κ1) is 15.7. The van der Waals surface area contributed by atoms with Crippen molar-refractivity contribution in [2.45, 2.75) is 20.3 Å². The van der Waals surface area contributed by atoms with Crippen LogP contribution in [0.15, 0.2) is 40.5 Å². The van der Waals surface area contributed by atoms with E-state index in [1.807, 2.05) is 25.1 Å². The molecule has 6 heteroatoms. The number of rotatable bonds is 5. The Bertz CT molecular complexity index is 632. The van der Waals surface area contributed by atoms with Crippen molar-refractivity contribution in [2.24, 2.45) is 15.9 Å². The molecule has 2 rings (SSSR count). The molecule has 0 atom stereocenters. The number of nitrogens with zero attached hydrogens (tertiary/aromatic N) is 3. The van der Waals surface area contributed by atoms with Gasteiger partial charge in [-0.15, -0.1) is 16.4 Å². The van der Waals surface area contributed by atoms with E-state index in [4.69, 9.17) is 5.73 Å². The first-order chi connectivity index (χ1) is 10.2. The monoisotopic (exact) mass is 318 g/mol.